The number of ether oxygens (including phenoxy) is 1. The molecule has 7 nitrogen and oxygen atoms in total. The minimum Gasteiger partial charge on any atom is -0.508 e. The van der Waals surface area contributed by atoms with Crippen molar-refractivity contribution >= 4 is 11.8 Å². The molecule has 2 aliphatic heterocycles. The van der Waals surface area contributed by atoms with Gasteiger partial charge in [-0.1, -0.05) is 53.2 Å². The van der Waals surface area contributed by atoms with Crippen molar-refractivity contribution in [2.75, 3.05) is 26.3 Å². The SMILES string of the molecule is CC(C)C[C@@H]1NC(=O)C2(CCCCOC[C@@H](C)NC1=O)CCN(Cc1cc(C(C)(C)C)ccc1O)CC2. The van der Waals surface area contributed by atoms with E-state index in [-0.39, 0.29) is 29.2 Å². The molecule has 2 aliphatic rings. The average molecular weight is 516 g/mol. The Labute approximate surface area is 223 Å². The molecule has 3 N–H and O–H groups in total. The van der Waals surface area contributed by atoms with E-state index in [0.29, 0.717) is 31.9 Å². The average Bonchev–Trinajstić information content (AvgIpc) is 2.82. The Kier molecular flexibility index (Phi) is 10.0. The number of piperidine rings is 1. The number of hydrogen-bond acceptors (Lipinski definition) is 5. The van der Waals surface area contributed by atoms with Crippen LogP contribution in [0.15, 0.2) is 18.2 Å². The Bertz CT molecular complexity index is 916. The summed E-state index contributed by atoms with van der Waals surface area (Å²) in [5.74, 6) is 0.495. The molecule has 2 fully saturated rings. The van der Waals surface area contributed by atoms with Gasteiger partial charge in [-0.3, -0.25) is 14.5 Å². The number of aromatic hydroxyl groups is 1. The molecule has 0 bridgehead atoms. The van der Waals surface area contributed by atoms with Crippen LogP contribution in [0.25, 0.3) is 0 Å². The molecule has 2 amide bonds. The van der Waals surface area contributed by atoms with Crippen LogP contribution in [0.2, 0.25) is 0 Å². The minimum absolute atomic E-state index is 0.0124. The number of hydrogen-bond donors (Lipinski definition) is 3. The monoisotopic (exact) mass is 515 g/mol. The Balaban J connectivity index is 1.74. The third kappa shape index (κ3) is 8.18. The van der Waals surface area contributed by atoms with Crippen molar-refractivity contribution in [2.45, 2.75) is 104 Å². The first-order valence-electron chi connectivity index (χ1n) is 14.1. The maximum absolute atomic E-state index is 13.8. The highest BCUT2D eigenvalue weighted by atomic mass is 16.5. The van der Waals surface area contributed by atoms with Crippen LogP contribution in [0.3, 0.4) is 0 Å². The molecule has 2 heterocycles. The summed E-state index contributed by atoms with van der Waals surface area (Å²) < 4.78 is 5.80. The smallest absolute Gasteiger partial charge is 0.242 e. The van der Waals surface area contributed by atoms with Gasteiger partial charge in [-0.25, -0.2) is 0 Å². The normalized spacial score (nSPS) is 24.6. The zero-order valence-electron chi connectivity index (χ0n) is 23.9. The predicted octanol–water partition coefficient (Wildman–Crippen LogP) is 4.51. The summed E-state index contributed by atoms with van der Waals surface area (Å²) in [7, 11) is 0. The Morgan fingerprint density at radius 1 is 1.11 bits per heavy atom. The van der Waals surface area contributed by atoms with Crippen molar-refractivity contribution < 1.29 is 19.4 Å². The van der Waals surface area contributed by atoms with Gasteiger partial charge in [-0.2, -0.15) is 0 Å². The zero-order valence-corrected chi connectivity index (χ0v) is 23.9. The summed E-state index contributed by atoms with van der Waals surface area (Å²) in [6, 6.07) is 5.28. The fourth-order valence-electron chi connectivity index (χ4n) is 5.48. The minimum atomic E-state index is -0.539. The van der Waals surface area contributed by atoms with Crippen molar-refractivity contribution in [3.8, 4) is 5.75 Å². The largest absolute Gasteiger partial charge is 0.508 e. The predicted molar refractivity (Wildman–Crippen MR) is 147 cm³/mol. The van der Waals surface area contributed by atoms with Gasteiger partial charge in [0.2, 0.25) is 11.8 Å². The lowest BCUT2D eigenvalue weighted by molar-refractivity contribution is -0.138. The summed E-state index contributed by atoms with van der Waals surface area (Å²) in [6.45, 7) is 16.0. The molecule has 0 radical (unpaired) electrons. The van der Waals surface area contributed by atoms with Crippen molar-refractivity contribution in [3.05, 3.63) is 29.3 Å². The van der Waals surface area contributed by atoms with E-state index < -0.39 is 11.5 Å². The van der Waals surface area contributed by atoms with Crippen LogP contribution in [0.1, 0.15) is 91.2 Å². The molecule has 0 aliphatic carbocycles. The second-order valence-electron chi connectivity index (χ2n) is 12.7. The summed E-state index contributed by atoms with van der Waals surface area (Å²) >= 11 is 0. The van der Waals surface area contributed by atoms with Crippen LogP contribution in [0.4, 0.5) is 0 Å². The Morgan fingerprint density at radius 2 is 1.81 bits per heavy atom. The summed E-state index contributed by atoms with van der Waals surface area (Å²) in [5, 5.41) is 16.7. The number of phenols is 1. The van der Waals surface area contributed by atoms with Gasteiger partial charge in [0.05, 0.1) is 12.0 Å². The Hall–Kier alpha value is -2.12. The van der Waals surface area contributed by atoms with Gasteiger partial charge in [-0.15, -0.1) is 0 Å². The molecule has 0 saturated carbocycles. The molecule has 0 aromatic heterocycles. The van der Waals surface area contributed by atoms with Crippen LogP contribution in [-0.4, -0.2) is 60.2 Å². The molecule has 3 rings (SSSR count). The van der Waals surface area contributed by atoms with Gasteiger partial charge in [0, 0.05) is 24.8 Å². The van der Waals surface area contributed by atoms with Crippen LogP contribution < -0.4 is 10.6 Å². The molecule has 2 atom stereocenters. The van der Waals surface area contributed by atoms with Crippen molar-refractivity contribution in [1.82, 2.24) is 15.5 Å². The molecule has 0 unspecified atom stereocenters. The molecule has 1 aromatic rings. The first-order chi connectivity index (χ1) is 17.4. The summed E-state index contributed by atoms with van der Waals surface area (Å²) in [5.41, 5.74) is 1.66. The quantitative estimate of drug-likeness (QED) is 0.549. The van der Waals surface area contributed by atoms with Crippen LogP contribution >= 0.6 is 0 Å². The highest BCUT2D eigenvalue weighted by Gasteiger charge is 2.42. The fourth-order valence-corrected chi connectivity index (χ4v) is 5.48. The first kappa shape index (κ1) is 29.4. The molecular weight excluding hydrogens is 466 g/mol. The second kappa shape index (κ2) is 12.6. The van der Waals surface area contributed by atoms with E-state index in [1.807, 2.05) is 13.0 Å². The van der Waals surface area contributed by atoms with E-state index in [0.717, 1.165) is 50.8 Å². The maximum atomic E-state index is 13.8. The number of benzene rings is 1. The third-order valence-electron chi connectivity index (χ3n) is 7.91. The number of carbonyl (C=O) groups is 2. The number of phenolic OH excluding ortho intramolecular Hbond substituents is 1. The van der Waals surface area contributed by atoms with Gasteiger partial charge < -0.3 is 20.5 Å². The second-order valence-corrected chi connectivity index (χ2v) is 12.7. The lowest BCUT2D eigenvalue weighted by Gasteiger charge is -2.41. The number of nitrogens with zero attached hydrogens (tertiary/aromatic N) is 1. The number of likely N-dealkylation sites (tertiary alicyclic amines) is 1. The van der Waals surface area contributed by atoms with E-state index in [1.54, 1.807) is 6.07 Å². The first-order valence-corrected chi connectivity index (χ1v) is 14.1. The highest BCUT2D eigenvalue weighted by molar-refractivity contribution is 5.90. The molecule has 1 spiro atoms. The number of rotatable bonds is 4. The van der Waals surface area contributed by atoms with Crippen molar-refractivity contribution in [2.24, 2.45) is 11.3 Å². The summed E-state index contributed by atoms with van der Waals surface area (Å²) in [6.07, 6.45) is 4.72. The number of amides is 2. The lowest BCUT2D eigenvalue weighted by atomic mass is 9.73. The van der Waals surface area contributed by atoms with Gasteiger partial charge in [0.1, 0.15) is 11.8 Å². The van der Waals surface area contributed by atoms with Crippen LogP contribution in [-0.2, 0) is 26.3 Å². The molecule has 37 heavy (non-hydrogen) atoms. The molecule has 7 heteroatoms. The van der Waals surface area contributed by atoms with E-state index in [1.165, 1.54) is 5.56 Å². The third-order valence-corrected chi connectivity index (χ3v) is 7.91. The van der Waals surface area contributed by atoms with Crippen LogP contribution in [0.5, 0.6) is 5.75 Å². The molecular formula is C30H49N3O4. The number of carbonyl (C=O) groups excluding carboxylic acids is 2. The standard InChI is InChI=1S/C30H49N3O4/c1-21(2)17-25-27(35)31-22(3)20-37-16-8-7-11-30(28(36)32-25)12-14-33(15-13-30)19-23-18-24(29(4,5)6)9-10-26(23)34/h9-10,18,21-22,25,34H,7-8,11-17,19-20H2,1-6H3,(H,31,35)(H,32,36)/t22-,25+/m1/s1. The van der Waals surface area contributed by atoms with E-state index in [2.05, 4.69) is 56.2 Å². The zero-order chi connectivity index (χ0) is 27.2. The topological polar surface area (TPSA) is 90.9 Å². The maximum Gasteiger partial charge on any atom is 0.242 e. The molecule has 208 valence electrons. The van der Waals surface area contributed by atoms with E-state index >= 15 is 0 Å². The highest BCUT2D eigenvalue weighted by Crippen LogP contribution is 2.38. The van der Waals surface area contributed by atoms with Crippen molar-refractivity contribution in [1.29, 1.82) is 0 Å². The van der Waals surface area contributed by atoms with Crippen molar-refractivity contribution in [3.63, 3.8) is 0 Å². The van der Waals surface area contributed by atoms with E-state index in [4.69, 9.17) is 4.74 Å². The fraction of sp³-hybridized carbons (Fsp3) is 0.733. The number of nitrogens with one attached hydrogen (secondary N) is 2. The lowest BCUT2D eigenvalue weighted by Crippen LogP contribution is -2.55. The van der Waals surface area contributed by atoms with Gasteiger partial charge in [0.25, 0.3) is 0 Å². The van der Waals surface area contributed by atoms with Gasteiger partial charge >= 0.3 is 0 Å². The Morgan fingerprint density at radius 3 is 2.46 bits per heavy atom. The van der Waals surface area contributed by atoms with Gasteiger partial charge in [-0.05, 0) is 75.1 Å². The van der Waals surface area contributed by atoms with Crippen LogP contribution in [0, 0.1) is 11.3 Å². The molecule has 2 saturated heterocycles. The summed E-state index contributed by atoms with van der Waals surface area (Å²) in [4.78, 5) is 29.2. The molecule has 1 aromatic carbocycles. The van der Waals surface area contributed by atoms with E-state index in [9.17, 15) is 14.7 Å². The van der Waals surface area contributed by atoms with Gasteiger partial charge in [0.15, 0.2) is 0 Å².